The van der Waals surface area contributed by atoms with Gasteiger partial charge in [0.05, 0.1) is 5.75 Å². The predicted molar refractivity (Wildman–Crippen MR) is 161 cm³/mol. The first-order valence-electron chi connectivity index (χ1n) is 13.5. The van der Waals surface area contributed by atoms with Crippen molar-refractivity contribution in [1.29, 1.82) is 0 Å². The summed E-state index contributed by atoms with van der Waals surface area (Å²) >= 11 is 5.16. The van der Waals surface area contributed by atoms with Crippen LogP contribution in [0.25, 0.3) is 0 Å². The molecule has 4 rings (SSSR count). The van der Waals surface area contributed by atoms with Crippen LogP contribution in [-0.2, 0) is 28.3 Å². The van der Waals surface area contributed by atoms with Crippen molar-refractivity contribution in [2.24, 2.45) is 0 Å². The first-order valence-corrected chi connectivity index (χ1v) is 15.4. The predicted octanol–water partition coefficient (Wildman–Crippen LogP) is 7.08. The molecule has 1 fully saturated rings. The maximum absolute atomic E-state index is 13.8. The summed E-state index contributed by atoms with van der Waals surface area (Å²) in [7, 11) is 0. The molecule has 0 aromatic heterocycles. The smallest absolute Gasteiger partial charge is 0.243 e. The molecule has 0 heterocycles. The van der Waals surface area contributed by atoms with Crippen LogP contribution in [0.5, 0.6) is 0 Å². The lowest BCUT2D eigenvalue weighted by Crippen LogP contribution is -2.53. The number of hydrogen-bond acceptors (Lipinski definition) is 3. The van der Waals surface area contributed by atoms with Crippen molar-refractivity contribution >= 4 is 39.5 Å². The van der Waals surface area contributed by atoms with Crippen LogP contribution in [0.3, 0.4) is 0 Å². The van der Waals surface area contributed by atoms with Gasteiger partial charge in [0, 0.05) is 29.2 Å². The topological polar surface area (TPSA) is 49.4 Å². The summed E-state index contributed by atoms with van der Waals surface area (Å²) in [6.07, 6.45) is 6.02. The van der Waals surface area contributed by atoms with Gasteiger partial charge in [0.2, 0.25) is 11.8 Å². The van der Waals surface area contributed by atoms with Crippen molar-refractivity contribution in [3.05, 3.63) is 106 Å². The minimum Gasteiger partial charge on any atom is -0.352 e. The fraction of sp³-hybridized carbons (Fsp3) is 0.375. The summed E-state index contributed by atoms with van der Waals surface area (Å²) in [5.74, 6) is 1.02. The number of benzene rings is 3. The molecule has 1 atom stereocenters. The van der Waals surface area contributed by atoms with Gasteiger partial charge < -0.3 is 10.2 Å². The van der Waals surface area contributed by atoms with Crippen LogP contribution in [0.1, 0.15) is 54.4 Å². The highest BCUT2D eigenvalue weighted by molar-refractivity contribution is 9.10. The molecule has 1 aliphatic rings. The Morgan fingerprint density at radius 3 is 2.34 bits per heavy atom. The van der Waals surface area contributed by atoms with E-state index in [4.69, 9.17) is 0 Å². The van der Waals surface area contributed by atoms with Crippen molar-refractivity contribution in [2.45, 2.75) is 69.8 Å². The van der Waals surface area contributed by atoms with E-state index in [9.17, 15) is 9.59 Å². The molecule has 0 saturated heterocycles. The molecular weight excluding hydrogens is 556 g/mol. The van der Waals surface area contributed by atoms with Crippen molar-refractivity contribution in [1.82, 2.24) is 10.2 Å². The molecule has 0 bridgehead atoms. The summed E-state index contributed by atoms with van der Waals surface area (Å²) in [4.78, 5) is 29.4. The van der Waals surface area contributed by atoms with Gasteiger partial charge >= 0.3 is 0 Å². The Bertz CT molecular complexity index is 1180. The third kappa shape index (κ3) is 8.74. The van der Waals surface area contributed by atoms with Gasteiger partial charge in [-0.1, -0.05) is 107 Å². The van der Waals surface area contributed by atoms with Crippen LogP contribution in [0.15, 0.2) is 83.3 Å². The van der Waals surface area contributed by atoms with Crippen molar-refractivity contribution in [3.8, 4) is 0 Å². The normalized spacial score (nSPS) is 14.6. The first kappa shape index (κ1) is 28.4. The van der Waals surface area contributed by atoms with Gasteiger partial charge in [-0.25, -0.2) is 0 Å². The largest absolute Gasteiger partial charge is 0.352 e. The van der Waals surface area contributed by atoms with E-state index in [1.807, 2.05) is 54.6 Å². The summed E-state index contributed by atoms with van der Waals surface area (Å²) in [5, 5.41) is 3.31. The Balaban J connectivity index is 1.56. The second-order valence-electron chi connectivity index (χ2n) is 10.2. The minimum absolute atomic E-state index is 0.0122. The van der Waals surface area contributed by atoms with Gasteiger partial charge in [-0.3, -0.25) is 9.59 Å². The maximum atomic E-state index is 13.8. The maximum Gasteiger partial charge on any atom is 0.243 e. The zero-order valence-electron chi connectivity index (χ0n) is 22.1. The van der Waals surface area contributed by atoms with E-state index >= 15 is 0 Å². The molecule has 3 aromatic carbocycles. The third-order valence-corrected chi connectivity index (χ3v) is 8.56. The summed E-state index contributed by atoms with van der Waals surface area (Å²) < 4.78 is 0.961. The number of thioether (sulfide) groups is 1. The molecule has 6 heteroatoms. The number of halogens is 1. The van der Waals surface area contributed by atoms with Crippen LogP contribution in [0, 0.1) is 6.92 Å². The van der Waals surface area contributed by atoms with Crippen LogP contribution >= 0.6 is 27.7 Å². The number of nitrogens with one attached hydrogen (secondary N) is 1. The number of carbonyl (C=O) groups excluding carboxylic acids is 2. The van der Waals surface area contributed by atoms with Crippen molar-refractivity contribution < 1.29 is 9.59 Å². The second-order valence-corrected chi connectivity index (χ2v) is 12.1. The SMILES string of the molecule is Cc1ccc(CSCC(=O)N(Cc2cccc(Br)c2)[C@H](Cc2ccccc2)C(=O)NC2CCCCC2)cc1. The van der Waals surface area contributed by atoms with Crippen molar-refractivity contribution in [2.75, 3.05) is 5.75 Å². The number of nitrogens with zero attached hydrogens (tertiary/aromatic N) is 1. The lowest BCUT2D eigenvalue weighted by molar-refractivity contribution is -0.139. The average Bonchev–Trinajstić information content (AvgIpc) is 2.93. The molecule has 0 aliphatic heterocycles. The Kier molecular flexibility index (Phi) is 10.9. The van der Waals surface area contributed by atoms with Gasteiger partial charge in [-0.05, 0) is 48.6 Å². The van der Waals surface area contributed by atoms with Crippen LogP contribution in [0.2, 0.25) is 0 Å². The highest BCUT2D eigenvalue weighted by Gasteiger charge is 2.31. The van der Waals surface area contributed by atoms with E-state index < -0.39 is 6.04 Å². The average molecular weight is 594 g/mol. The first-order chi connectivity index (χ1) is 18.5. The minimum atomic E-state index is -0.578. The molecule has 4 nitrogen and oxygen atoms in total. The zero-order chi connectivity index (χ0) is 26.7. The van der Waals surface area contributed by atoms with Crippen molar-refractivity contribution in [3.63, 3.8) is 0 Å². The Morgan fingerprint density at radius 2 is 1.63 bits per heavy atom. The quantitative estimate of drug-likeness (QED) is 0.259. The Morgan fingerprint density at radius 1 is 0.921 bits per heavy atom. The van der Waals surface area contributed by atoms with E-state index in [0.717, 1.165) is 47.0 Å². The molecule has 2 amide bonds. The lowest BCUT2D eigenvalue weighted by Gasteiger charge is -2.33. The fourth-order valence-electron chi connectivity index (χ4n) is 4.95. The van der Waals surface area contributed by atoms with Gasteiger partial charge in [-0.15, -0.1) is 11.8 Å². The number of aryl methyl sites for hydroxylation is 1. The number of hydrogen-bond donors (Lipinski definition) is 1. The van der Waals surface area contributed by atoms with Gasteiger partial charge in [0.15, 0.2) is 0 Å². The molecule has 3 aromatic rings. The summed E-state index contributed by atoms with van der Waals surface area (Å²) in [5.41, 5.74) is 4.47. The van der Waals surface area contributed by atoms with Crippen LogP contribution in [-0.4, -0.2) is 34.6 Å². The second kappa shape index (κ2) is 14.5. The highest BCUT2D eigenvalue weighted by atomic mass is 79.9. The van der Waals surface area contributed by atoms with E-state index in [0.29, 0.717) is 18.7 Å². The molecule has 200 valence electrons. The zero-order valence-corrected chi connectivity index (χ0v) is 24.5. The molecule has 1 saturated carbocycles. The lowest BCUT2D eigenvalue weighted by atomic mass is 9.94. The summed E-state index contributed by atoms with van der Waals surface area (Å²) in [6, 6.07) is 26.1. The third-order valence-electron chi connectivity index (χ3n) is 7.08. The number of rotatable bonds is 11. The van der Waals surface area contributed by atoms with E-state index in [1.165, 1.54) is 17.5 Å². The monoisotopic (exact) mass is 592 g/mol. The van der Waals surface area contributed by atoms with Gasteiger partial charge in [-0.2, -0.15) is 0 Å². The standard InChI is InChI=1S/C32H37BrN2O2S/c1-24-15-17-26(18-16-24)22-38-23-31(36)35(21-27-11-8-12-28(33)19-27)30(20-25-9-4-2-5-10-25)32(37)34-29-13-6-3-7-14-29/h2,4-5,8-12,15-19,29-30H,3,6-7,13-14,20-23H2,1H3,(H,34,37)/t30-/m1/s1. The Labute approximate surface area is 239 Å². The molecule has 38 heavy (non-hydrogen) atoms. The molecule has 1 aliphatic carbocycles. The Hall–Kier alpha value is -2.57. The molecular formula is C32H37BrN2O2S. The van der Waals surface area contributed by atoms with E-state index in [-0.39, 0.29) is 17.9 Å². The number of carbonyl (C=O) groups is 2. The van der Waals surface area contributed by atoms with Gasteiger partial charge in [0.25, 0.3) is 0 Å². The summed E-state index contributed by atoms with van der Waals surface area (Å²) in [6.45, 7) is 2.46. The molecule has 0 radical (unpaired) electrons. The number of amides is 2. The molecule has 0 spiro atoms. The van der Waals surface area contributed by atoms with E-state index in [1.54, 1.807) is 16.7 Å². The molecule has 1 N–H and O–H groups in total. The molecule has 0 unspecified atom stereocenters. The highest BCUT2D eigenvalue weighted by Crippen LogP contribution is 2.22. The van der Waals surface area contributed by atoms with Crippen LogP contribution in [0.4, 0.5) is 0 Å². The van der Waals surface area contributed by atoms with E-state index in [2.05, 4.69) is 52.4 Å². The fourth-order valence-corrected chi connectivity index (χ4v) is 6.27. The van der Waals surface area contributed by atoms with Crippen LogP contribution < -0.4 is 5.32 Å². The van der Waals surface area contributed by atoms with Gasteiger partial charge in [0.1, 0.15) is 6.04 Å².